The Kier molecular flexibility index (Phi) is 14.1. The molecule has 0 heteroatoms. The zero-order valence-electron chi connectivity index (χ0n) is 12.5. The van der Waals surface area contributed by atoms with Crippen LogP contribution in [-0.4, -0.2) is 0 Å². The Morgan fingerprint density at radius 1 is 0.706 bits per heavy atom. The van der Waals surface area contributed by atoms with Crippen molar-refractivity contribution in [1.82, 2.24) is 0 Å². The fourth-order valence-corrected chi connectivity index (χ4v) is 2.44. The predicted octanol–water partition coefficient (Wildman–Crippen LogP) is 6.55. The van der Waals surface area contributed by atoms with Crippen molar-refractivity contribution in [3.8, 4) is 0 Å². The Morgan fingerprint density at radius 3 is 1.71 bits per heavy atom. The molecule has 0 spiro atoms. The van der Waals surface area contributed by atoms with E-state index in [-0.39, 0.29) is 0 Å². The van der Waals surface area contributed by atoms with Crippen LogP contribution < -0.4 is 0 Å². The fraction of sp³-hybridized carbons (Fsp3) is 0.941. The lowest BCUT2D eigenvalue weighted by Gasteiger charge is -2.10. The van der Waals surface area contributed by atoms with E-state index in [0.29, 0.717) is 0 Å². The molecule has 0 fully saturated rings. The van der Waals surface area contributed by atoms with E-state index in [1.54, 1.807) is 0 Å². The molecule has 1 unspecified atom stereocenters. The summed E-state index contributed by atoms with van der Waals surface area (Å²) in [6.45, 7) is 8.61. The summed E-state index contributed by atoms with van der Waals surface area (Å²) in [7, 11) is 0. The summed E-state index contributed by atoms with van der Waals surface area (Å²) in [4.78, 5) is 0. The highest BCUT2D eigenvalue weighted by atomic mass is 14.1. The van der Waals surface area contributed by atoms with Gasteiger partial charge in [-0.1, -0.05) is 104 Å². The average Bonchev–Trinajstić information content (AvgIpc) is 2.33. The molecule has 0 heterocycles. The molecular formula is C17H35. The van der Waals surface area contributed by atoms with Crippen LogP contribution in [0.15, 0.2) is 0 Å². The normalized spacial score (nSPS) is 12.9. The van der Waals surface area contributed by atoms with Crippen molar-refractivity contribution in [2.75, 3.05) is 0 Å². The second kappa shape index (κ2) is 14.1. The highest BCUT2D eigenvalue weighted by molar-refractivity contribution is 4.55. The zero-order valence-corrected chi connectivity index (χ0v) is 12.5. The van der Waals surface area contributed by atoms with Crippen molar-refractivity contribution in [1.29, 1.82) is 0 Å². The van der Waals surface area contributed by atoms with Gasteiger partial charge in [-0.2, -0.15) is 0 Å². The molecule has 0 aromatic carbocycles. The first-order chi connectivity index (χ1) is 8.31. The number of unbranched alkanes of at least 4 members (excludes halogenated alkanes) is 9. The van der Waals surface area contributed by atoms with Crippen LogP contribution in [0.2, 0.25) is 0 Å². The van der Waals surface area contributed by atoms with Crippen LogP contribution in [0.1, 0.15) is 97.3 Å². The first-order valence-corrected chi connectivity index (χ1v) is 8.10. The second-order valence-electron chi connectivity index (χ2n) is 5.72. The smallest absolute Gasteiger partial charge is 0.0443 e. The van der Waals surface area contributed by atoms with Gasteiger partial charge in [0.05, 0.1) is 0 Å². The van der Waals surface area contributed by atoms with E-state index in [2.05, 4.69) is 20.8 Å². The van der Waals surface area contributed by atoms with E-state index in [1.807, 2.05) is 0 Å². The largest absolute Gasteiger partial charge is 0.0654 e. The molecule has 1 radical (unpaired) electrons. The number of hydrogen-bond donors (Lipinski definition) is 0. The van der Waals surface area contributed by atoms with Crippen LogP contribution in [0.25, 0.3) is 0 Å². The van der Waals surface area contributed by atoms with Crippen LogP contribution >= 0.6 is 0 Å². The first kappa shape index (κ1) is 17.0. The monoisotopic (exact) mass is 239 g/mol. The van der Waals surface area contributed by atoms with Crippen LogP contribution in [0, 0.1) is 12.8 Å². The standard InChI is InChI=1S/C17H35/c1-4-6-8-9-10-11-12-14-16-17(3)15-13-7-5-2/h17H,2,4-16H2,1,3H3. The summed E-state index contributed by atoms with van der Waals surface area (Å²) >= 11 is 0. The van der Waals surface area contributed by atoms with Gasteiger partial charge in [0.25, 0.3) is 0 Å². The Balaban J connectivity index is 3.05. The minimum atomic E-state index is 0.946. The lowest BCUT2D eigenvalue weighted by atomic mass is 9.96. The molecule has 0 aliphatic heterocycles. The Hall–Kier alpha value is 0. The highest BCUT2D eigenvalue weighted by Crippen LogP contribution is 2.17. The Bertz CT molecular complexity index is 128. The summed E-state index contributed by atoms with van der Waals surface area (Å²) in [5, 5.41) is 0. The third-order valence-electron chi connectivity index (χ3n) is 3.75. The van der Waals surface area contributed by atoms with Crippen LogP contribution in [0.3, 0.4) is 0 Å². The third kappa shape index (κ3) is 13.9. The average molecular weight is 239 g/mol. The Morgan fingerprint density at radius 2 is 1.18 bits per heavy atom. The summed E-state index contributed by atoms with van der Waals surface area (Å²) in [5.41, 5.74) is 0. The predicted molar refractivity (Wildman–Crippen MR) is 80.2 cm³/mol. The number of rotatable bonds is 13. The van der Waals surface area contributed by atoms with Gasteiger partial charge >= 0.3 is 0 Å². The van der Waals surface area contributed by atoms with Gasteiger partial charge in [0.2, 0.25) is 0 Å². The van der Waals surface area contributed by atoms with Gasteiger partial charge in [-0.05, 0) is 5.92 Å². The van der Waals surface area contributed by atoms with Gasteiger partial charge in [-0.15, -0.1) is 0 Å². The molecule has 17 heavy (non-hydrogen) atoms. The van der Waals surface area contributed by atoms with Crippen molar-refractivity contribution < 1.29 is 0 Å². The molecule has 0 amide bonds. The van der Waals surface area contributed by atoms with Gasteiger partial charge in [0.1, 0.15) is 0 Å². The molecule has 0 rings (SSSR count). The molecule has 103 valence electrons. The van der Waals surface area contributed by atoms with Gasteiger partial charge in [-0.3, -0.25) is 0 Å². The van der Waals surface area contributed by atoms with Gasteiger partial charge in [-0.25, -0.2) is 0 Å². The molecular weight excluding hydrogens is 204 g/mol. The van der Waals surface area contributed by atoms with Gasteiger partial charge in [0.15, 0.2) is 0 Å². The quantitative estimate of drug-likeness (QED) is 0.320. The van der Waals surface area contributed by atoms with E-state index < -0.39 is 0 Å². The maximum Gasteiger partial charge on any atom is -0.0443 e. The molecule has 0 saturated carbocycles. The van der Waals surface area contributed by atoms with E-state index in [1.165, 1.54) is 77.0 Å². The molecule has 0 saturated heterocycles. The molecule has 0 aromatic rings. The molecule has 0 aliphatic carbocycles. The zero-order chi connectivity index (χ0) is 12.8. The minimum absolute atomic E-state index is 0.946. The summed E-state index contributed by atoms with van der Waals surface area (Å²) in [6, 6.07) is 0. The minimum Gasteiger partial charge on any atom is -0.0654 e. The molecule has 0 nitrogen and oxygen atoms in total. The fourth-order valence-electron chi connectivity index (χ4n) is 2.44. The Labute approximate surface area is 111 Å². The number of hydrogen-bond acceptors (Lipinski definition) is 0. The topological polar surface area (TPSA) is 0 Å². The van der Waals surface area contributed by atoms with Gasteiger partial charge < -0.3 is 0 Å². The molecule has 0 bridgehead atoms. The van der Waals surface area contributed by atoms with E-state index in [0.717, 1.165) is 12.3 Å². The maximum absolute atomic E-state index is 3.90. The van der Waals surface area contributed by atoms with E-state index >= 15 is 0 Å². The van der Waals surface area contributed by atoms with Crippen molar-refractivity contribution in [2.45, 2.75) is 97.3 Å². The van der Waals surface area contributed by atoms with E-state index in [9.17, 15) is 0 Å². The maximum atomic E-state index is 3.90. The highest BCUT2D eigenvalue weighted by Gasteiger charge is 2.01. The van der Waals surface area contributed by atoms with Crippen molar-refractivity contribution in [2.24, 2.45) is 5.92 Å². The van der Waals surface area contributed by atoms with Crippen LogP contribution in [0.4, 0.5) is 0 Å². The molecule has 0 N–H and O–H groups in total. The SMILES string of the molecule is [CH2]CCCCC(C)CCCCCCCCCC. The summed E-state index contributed by atoms with van der Waals surface area (Å²) < 4.78 is 0. The lowest BCUT2D eigenvalue weighted by Crippen LogP contribution is -1.94. The third-order valence-corrected chi connectivity index (χ3v) is 3.75. The summed E-state index contributed by atoms with van der Waals surface area (Å²) in [6.07, 6.45) is 18.3. The molecule has 1 atom stereocenters. The van der Waals surface area contributed by atoms with E-state index in [4.69, 9.17) is 0 Å². The second-order valence-corrected chi connectivity index (χ2v) is 5.72. The first-order valence-electron chi connectivity index (χ1n) is 8.10. The lowest BCUT2D eigenvalue weighted by molar-refractivity contribution is 0.437. The van der Waals surface area contributed by atoms with Gasteiger partial charge in [0, 0.05) is 0 Å². The molecule has 0 aliphatic rings. The van der Waals surface area contributed by atoms with Crippen molar-refractivity contribution in [3.63, 3.8) is 0 Å². The van der Waals surface area contributed by atoms with Crippen molar-refractivity contribution >= 4 is 0 Å². The van der Waals surface area contributed by atoms with Crippen LogP contribution in [-0.2, 0) is 0 Å². The van der Waals surface area contributed by atoms with Crippen molar-refractivity contribution in [3.05, 3.63) is 6.92 Å². The summed E-state index contributed by atoms with van der Waals surface area (Å²) in [5.74, 6) is 0.946. The van der Waals surface area contributed by atoms with Crippen LogP contribution in [0.5, 0.6) is 0 Å². The molecule has 0 aromatic heterocycles.